The topological polar surface area (TPSA) is 37.0 Å². The molecule has 8 heteroatoms. The zero-order valence-corrected chi connectivity index (χ0v) is 16.1. The number of hydrogen-bond donors (Lipinski definition) is 2. The van der Waals surface area contributed by atoms with Gasteiger partial charge in [0.2, 0.25) is 0 Å². The summed E-state index contributed by atoms with van der Waals surface area (Å²) in [6.07, 6.45) is 1.12. The fourth-order valence-electron chi connectivity index (χ4n) is 2.43. The van der Waals surface area contributed by atoms with Crippen molar-refractivity contribution >= 4 is 46.2 Å². The number of pyridine rings is 1. The lowest BCUT2D eigenvalue weighted by molar-refractivity contribution is 0.618. The van der Waals surface area contributed by atoms with E-state index in [0.717, 1.165) is 6.20 Å². The van der Waals surface area contributed by atoms with Crippen LogP contribution in [0, 0.1) is 11.6 Å². The van der Waals surface area contributed by atoms with E-state index in [2.05, 4.69) is 15.6 Å². The van der Waals surface area contributed by atoms with E-state index < -0.39 is 5.82 Å². The monoisotopic (exact) mass is 423 g/mol. The summed E-state index contributed by atoms with van der Waals surface area (Å²) in [5.41, 5.74) is 2.33. The average Bonchev–Trinajstić information content (AvgIpc) is 2.65. The summed E-state index contributed by atoms with van der Waals surface area (Å²) >= 11 is 17.4. The van der Waals surface area contributed by atoms with Crippen molar-refractivity contribution < 1.29 is 8.78 Å². The lowest BCUT2D eigenvalue weighted by Gasteiger charge is -2.14. The number of anilines is 1. The van der Waals surface area contributed by atoms with Crippen molar-refractivity contribution in [2.24, 2.45) is 0 Å². The third-order valence-corrected chi connectivity index (χ3v) is 4.76. The van der Waals surface area contributed by atoms with Gasteiger partial charge in [-0.2, -0.15) is 0 Å². The van der Waals surface area contributed by atoms with E-state index in [1.807, 2.05) is 0 Å². The largest absolute Gasteiger partial charge is 0.358 e. The molecule has 0 unspecified atom stereocenters. The molecule has 0 aliphatic carbocycles. The second-order valence-corrected chi connectivity index (χ2v) is 6.77. The van der Waals surface area contributed by atoms with Crippen molar-refractivity contribution in [3.8, 4) is 11.3 Å². The third kappa shape index (κ3) is 4.91. The summed E-state index contributed by atoms with van der Waals surface area (Å²) in [5, 5.41) is 6.96. The minimum absolute atomic E-state index is 0.210. The van der Waals surface area contributed by atoms with E-state index >= 15 is 0 Å². The van der Waals surface area contributed by atoms with Gasteiger partial charge in [-0.05, 0) is 54.7 Å². The van der Waals surface area contributed by atoms with Gasteiger partial charge in [0.1, 0.15) is 11.6 Å². The average molecular weight is 424 g/mol. The lowest BCUT2D eigenvalue weighted by Crippen LogP contribution is -2.28. The quantitative estimate of drug-likeness (QED) is 0.518. The maximum Gasteiger partial charge on any atom is 0.171 e. The molecular weight excluding hydrogens is 411 g/mol. The maximum atomic E-state index is 13.7. The van der Waals surface area contributed by atoms with Gasteiger partial charge in [-0.3, -0.25) is 4.98 Å². The number of benzene rings is 2. The summed E-state index contributed by atoms with van der Waals surface area (Å²) in [4.78, 5) is 4.13. The van der Waals surface area contributed by atoms with E-state index in [9.17, 15) is 8.78 Å². The van der Waals surface area contributed by atoms with Crippen LogP contribution in [0.2, 0.25) is 10.0 Å². The minimum atomic E-state index is -0.477. The second-order valence-electron chi connectivity index (χ2n) is 5.58. The van der Waals surface area contributed by atoms with Crippen LogP contribution in [0.1, 0.15) is 5.56 Å². The second kappa shape index (κ2) is 8.61. The van der Waals surface area contributed by atoms with Gasteiger partial charge in [0.05, 0.1) is 27.6 Å². The highest BCUT2D eigenvalue weighted by molar-refractivity contribution is 7.80. The normalized spacial score (nSPS) is 10.5. The van der Waals surface area contributed by atoms with Gasteiger partial charge >= 0.3 is 0 Å². The number of aromatic nitrogens is 1. The van der Waals surface area contributed by atoms with Gasteiger partial charge in [-0.1, -0.05) is 29.3 Å². The number of thiocarbonyl (C=S) groups is 1. The number of nitrogens with zero attached hydrogens (tertiary/aromatic N) is 1. The Kier molecular flexibility index (Phi) is 6.21. The van der Waals surface area contributed by atoms with E-state index in [0.29, 0.717) is 32.6 Å². The lowest BCUT2D eigenvalue weighted by atomic mass is 10.1. The van der Waals surface area contributed by atoms with Crippen molar-refractivity contribution in [2.75, 3.05) is 5.32 Å². The van der Waals surface area contributed by atoms with Crippen molar-refractivity contribution in [3.63, 3.8) is 0 Å². The van der Waals surface area contributed by atoms with Crippen LogP contribution in [0.4, 0.5) is 14.5 Å². The molecule has 0 atom stereocenters. The van der Waals surface area contributed by atoms with E-state index in [1.165, 1.54) is 18.2 Å². The first-order chi connectivity index (χ1) is 12.9. The summed E-state index contributed by atoms with van der Waals surface area (Å²) in [5.74, 6) is -0.835. The number of rotatable bonds is 4. The molecular formula is C19H13Cl2F2N3S. The standard InChI is InChI=1S/C19H13Cl2F2N3S/c20-15-2-1-3-16(17(15)21)26-19(27)25-9-12-8-14(23)10-24-18(12)11-4-6-13(22)7-5-11/h1-8,10H,9H2,(H2,25,26,27). The Hall–Kier alpha value is -2.28. The number of halogens is 4. The molecule has 0 bridgehead atoms. The van der Waals surface area contributed by atoms with Crippen LogP contribution in [0.25, 0.3) is 11.3 Å². The van der Waals surface area contributed by atoms with Gasteiger partial charge in [0.15, 0.2) is 5.11 Å². The van der Waals surface area contributed by atoms with Gasteiger partial charge < -0.3 is 10.6 Å². The molecule has 138 valence electrons. The Morgan fingerprint density at radius 2 is 1.78 bits per heavy atom. The third-order valence-electron chi connectivity index (χ3n) is 3.69. The zero-order chi connectivity index (χ0) is 19.4. The predicted octanol–water partition coefficient (Wildman–Crippen LogP) is 5.82. The number of hydrogen-bond acceptors (Lipinski definition) is 2. The molecule has 0 fully saturated rings. The molecule has 0 saturated carbocycles. The van der Waals surface area contributed by atoms with Crippen LogP contribution in [0.15, 0.2) is 54.7 Å². The molecule has 0 aliphatic rings. The van der Waals surface area contributed by atoms with Crippen LogP contribution in [0.5, 0.6) is 0 Å². The molecule has 1 heterocycles. The molecule has 0 spiro atoms. The highest BCUT2D eigenvalue weighted by atomic mass is 35.5. The van der Waals surface area contributed by atoms with Crippen molar-refractivity contribution in [1.29, 1.82) is 0 Å². The Labute approximate surface area is 170 Å². The molecule has 0 aliphatic heterocycles. The highest BCUT2D eigenvalue weighted by Gasteiger charge is 2.11. The Morgan fingerprint density at radius 1 is 1.04 bits per heavy atom. The predicted molar refractivity (Wildman–Crippen MR) is 109 cm³/mol. The van der Waals surface area contributed by atoms with Crippen molar-refractivity contribution in [2.45, 2.75) is 6.54 Å². The Balaban J connectivity index is 1.75. The molecule has 3 aromatic rings. The fourth-order valence-corrected chi connectivity index (χ4v) is 2.96. The SMILES string of the molecule is Fc1ccc(-c2ncc(F)cc2CNC(=S)Nc2cccc(Cl)c2Cl)cc1. The van der Waals surface area contributed by atoms with E-state index in [4.69, 9.17) is 35.4 Å². The molecule has 1 aromatic heterocycles. The molecule has 2 aromatic carbocycles. The molecule has 2 N–H and O–H groups in total. The fraction of sp³-hybridized carbons (Fsp3) is 0.0526. The molecule has 3 nitrogen and oxygen atoms in total. The molecule has 27 heavy (non-hydrogen) atoms. The van der Waals surface area contributed by atoms with Gasteiger partial charge in [0.25, 0.3) is 0 Å². The zero-order valence-electron chi connectivity index (χ0n) is 13.8. The van der Waals surface area contributed by atoms with Crippen molar-refractivity contribution in [3.05, 3.63) is 82.0 Å². The Bertz CT molecular complexity index is 981. The molecule has 0 radical (unpaired) electrons. The van der Waals surface area contributed by atoms with Crippen molar-refractivity contribution in [1.82, 2.24) is 10.3 Å². The highest BCUT2D eigenvalue weighted by Crippen LogP contribution is 2.29. The first-order valence-electron chi connectivity index (χ1n) is 7.83. The van der Waals surface area contributed by atoms with E-state index in [1.54, 1.807) is 30.3 Å². The summed E-state index contributed by atoms with van der Waals surface area (Å²) in [6.45, 7) is 0.210. The molecule has 3 rings (SSSR count). The maximum absolute atomic E-state index is 13.7. The summed E-state index contributed by atoms with van der Waals surface area (Å²) in [6, 6.07) is 12.3. The van der Waals surface area contributed by atoms with Crippen LogP contribution in [-0.4, -0.2) is 10.1 Å². The summed E-state index contributed by atoms with van der Waals surface area (Å²) < 4.78 is 26.8. The smallest absolute Gasteiger partial charge is 0.171 e. The molecule has 0 saturated heterocycles. The van der Waals surface area contributed by atoms with Gasteiger partial charge in [0, 0.05) is 17.7 Å². The first-order valence-corrected chi connectivity index (χ1v) is 8.99. The van der Waals surface area contributed by atoms with Gasteiger partial charge in [-0.15, -0.1) is 0 Å². The van der Waals surface area contributed by atoms with Crippen LogP contribution >= 0.6 is 35.4 Å². The van der Waals surface area contributed by atoms with E-state index in [-0.39, 0.29) is 17.5 Å². The molecule has 0 amide bonds. The van der Waals surface area contributed by atoms with Crippen LogP contribution < -0.4 is 10.6 Å². The Morgan fingerprint density at radius 3 is 2.52 bits per heavy atom. The van der Waals surface area contributed by atoms with Crippen LogP contribution in [0.3, 0.4) is 0 Å². The minimum Gasteiger partial charge on any atom is -0.358 e. The first kappa shape index (κ1) is 19.5. The van der Waals surface area contributed by atoms with Crippen LogP contribution in [-0.2, 0) is 6.54 Å². The number of nitrogens with one attached hydrogen (secondary N) is 2. The van der Waals surface area contributed by atoms with Gasteiger partial charge in [-0.25, -0.2) is 8.78 Å². The summed E-state index contributed by atoms with van der Waals surface area (Å²) in [7, 11) is 0.